The van der Waals surface area contributed by atoms with Gasteiger partial charge in [-0.15, -0.1) is 0 Å². The molecule has 0 aliphatic carbocycles. The molecule has 0 bridgehead atoms. The Morgan fingerprint density at radius 3 is 2.40 bits per heavy atom. The molecule has 5 nitrogen and oxygen atoms in total. The predicted molar refractivity (Wildman–Crippen MR) is 101 cm³/mol. The molecule has 0 saturated heterocycles. The molecule has 0 unspecified atom stereocenters. The molecule has 0 fully saturated rings. The molecule has 4 N–H and O–H groups in total. The van der Waals surface area contributed by atoms with Gasteiger partial charge in [0.05, 0.1) is 0 Å². The summed E-state index contributed by atoms with van der Waals surface area (Å²) in [4.78, 5) is 24.0. The van der Waals surface area contributed by atoms with Crippen LogP contribution in [0.5, 0.6) is 0 Å². The summed E-state index contributed by atoms with van der Waals surface area (Å²) in [5.41, 5.74) is 8.89. The quantitative estimate of drug-likeness (QED) is 0.690. The Morgan fingerprint density at radius 1 is 0.960 bits per heavy atom. The van der Waals surface area contributed by atoms with E-state index in [0.717, 1.165) is 16.8 Å². The van der Waals surface area contributed by atoms with Gasteiger partial charge in [-0.25, -0.2) is 0 Å². The summed E-state index contributed by atoms with van der Waals surface area (Å²) >= 11 is 0. The highest BCUT2D eigenvalue weighted by atomic mass is 16.2. The number of rotatable bonds is 8. The van der Waals surface area contributed by atoms with Gasteiger partial charge in [0, 0.05) is 24.2 Å². The Balaban J connectivity index is 1.92. The molecule has 2 aromatic rings. The molecular formula is C20H25N3O2. The molecule has 2 rings (SSSR count). The molecule has 0 aliphatic heterocycles. The minimum atomic E-state index is -0.0735. The molecule has 2 amide bonds. The van der Waals surface area contributed by atoms with Crippen molar-refractivity contribution in [3.05, 3.63) is 59.7 Å². The maximum absolute atomic E-state index is 12.2. The van der Waals surface area contributed by atoms with Gasteiger partial charge in [-0.1, -0.05) is 36.4 Å². The van der Waals surface area contributed by atoms with Gasteiger partial charge < -0.3 is 16.4 Å². The van der Waals surface area contributed by atoms with Gasteiger partial charge in [0.1, 0.15) is 0 Å². The molecule has 0 aliphatic rings. The Hall–Kier alpha value is -2.66. The number of carbonyl (C=O) groups is 2. The minimum absolute atomic E-state index is 0.0430. The van der Waals surface area contributed by atoms with Crippen LogP contribution >= 0.6 is 0 Å². The summed E-state index contributed by atoms with van der Waals surface area (Å²) in [6, 6.07) is 15.4. The van der Waals surface area contributed by atoms with E-state index in [4.69, 9.17) is 5.73 Å². The molecule has 5 heteroatoms. The van der Waals surface area contributed by atoms with Crippen LogP contribution in [-0.4, -0.2) is 18.4 Å². The highest BCUT2D eigenvalue weighted by molar-refractivity contribution is 5.94. The molecule has 132 valence electrons. The van der Waals surface area contributed by atoms with Crippen LogP contribution in [-0.2, 0) is 16.0 Å². The van der Waals surface area contributed by atoms with Crippen LogP contribution < -0.4 is 16.4 Å². The largest absolute Gasteiger partial charge is 0.330 e. The Bertz CT molecular complexity index is 714. The molecule has 0 atom stereocenters. The van der Waals surface area contributed by atoms with Crippen molar-refractivity contribution in [3.8, 4) is 0 Å². The highest BCUT2D eigenvalue weighted by Gasteiger charge is 2.08. The zero-order valence-electron chi connectivity index (χ0n) is 14.5. The third-order valence-corrected chi connectivity index (χ3v) is 3.89. The SMILES string of the molecule is Cc1ccc(NC(=O)CCCN)cc1NC(=O)CCc1ccccc1. The number of benzene rings is 2. The van der Waals surface area contributed by atoms with E-state index >= 15 is 0 Å². The van der Waals surface area contributed by atoms with Crippen LogP contribution in [0.2, 0.25) is 0 Å². The average Bonchev–Trinajstić information content (AvgIpc) is 2.62. The van der Waals surface area contributed by atoms with E-state index in [0.29, 0.717) is 37.9 Å². The third-order valence-electron chi connectivity index (χ3n) is 3.89. The lowest BCUT2D eigenvalue weighted by molar-refractivity contribution is -0.117. The van der Waals surface area contributed by atoms with Gasteiger partial charge in [0.2, 0.25) is 11.8 Å². The van der Waals surface area contributed by atoms with Crippen LogP contribution in [0.3, 0.4) is 0 Å². The maximum Gasteiger partial charge on any atom is 0.224 e. The standard InChI is InChI=1S/C20H25N3O2/c1-15-9-11-17(22-19(24)8-5-13-21)14-18(15)23-20(25)12-10-16-6-3-2-4-7-16/h2-4,6-7,9,11,14H,5,8,10,12-13,21H2,1H3,(H,22,24)(H,23,25). The number of hydrogen-bond acceptors (Lipinski definition) is 3. The third kappa shape index (κ3) is 6.39. The molecule has 2 aromatic carbocycles. The normalized spacial score (nSPS) is 10.3. The van der Waals surface area contributed by atoms with E-state index in [-0.39, 0.29) is 11.8 Å². The summed E-state index contributed by atoms with van der Waals surface area (Å²) in [6.07, 6.45) is 2.15. The fraction of sp³-hybridized carbons (Fsp3) is 0.300. The number of hydrogen-bond donors (Lipinski definition) is 3. The lowest BCUT2D eigenvalue weighted by Crippen LogP contribution is -2.15. The second-order valence-electron chi connectivity index (χ2n) is 6.00. The highest BCUT2D eigenvalue weighted by Crippen LogP contribution is 2.21. The van der Waals surface area contributed by atoms with Gasteiger partial charge >= 0.3 is 0 Å². The summed E-state index contributed by atoms with van der Waals surface area (Å²) in [5, 5.41) is 5.76. The van der Waals surface area contributed by atoms with Crippen molar-refractivity contribution in [1.29, 1.82) is 0 Å². The number of carbonyl (C=O) groups excluding carboxylic acids is 2. The van der Waals surface area contributed by atoms with E-state index in [9.17, 15) is 9.59 Å². The minimum Gasteiger partial charge on any atom is -0.330 e. The number of amides is 2. The zero-order valence-corrected chi connectivity index (χ0v) is 14.5. The second kappa shape index (κ2) is 9.59. The van der Waals surface area contributed by atoms with Crippen molar-refractivity contribution in [2.45, 2.75) is 32.6 Å². The molecule has 0 saturated carbocycles. The van der Waals surface area contributed by atoms with Crippen LogP contribution in [0.1, 0.15) is 30.4 Å². The van der Waals surface area contributed by atoms with E-state index in [1.54, 1.807) is 6.07 Å². The summed E-state index contributed by atoms with van der Waals surface area (Å²) in [6.45, 7) is 2.41. The lowest BCUT2D eigenvalue weighted by atomic mass is 10.1. The fourth-order valence-corrected chi connectivity index (χ4v) is 2.44. The molecule has 0 spiro atoms. The molecule has 0 aromatic heterocycles. The summed E-state index contributed by atoms with van der Waals surface area (Å²) < 4.78 is 0. The number of anilines is 2. The fourth-order valence-electron chi connectivity index (χ4n) is 2.44. The summed E-state index contributed by atoms with van der Waals surface area (Å²) in [7, 11) is 0. The predicted octanol–water partition coefficient (Wildman–Crippen LogP) is 3.24. The number of nitrogens with one attached hydrogen (secondary N) is 2. The van der Waals surface area contributed by atoms with Gasteiger partial charge in [-0.3, -0.25) is 9.59 Å². The van der Waals surface area contributed by atoms with E-state index in [1.165, 1.54) is 0 Å². The first-order valence-corrected chi connectivity index (χ1v) is 8.53. The van der Waals surface area contributed by atoms with Gasteiger partial charge in [0.15, 0.2) is 0 Å². The maximum atomic E-state index is 12.2. The van der Waals surface area contributed by atoms with Crippen molar-refractivity contribution in [2.24, 2.45) is 5.73 Å². The van der Waals surface area contributed by atoms with Crippen molar-refractivity contribution >= 4 is 23.2 Å². The van der Waals surface area contributed by atoms with E-state index in [2.05, 4.69) is 10.6 Å². The average molecular weight is 339 g/mol. The van der Waals surface area contributed by atoms with E-state index < -0.39 is 0 Å². The lowest BCUT2D eigenvalue weighted by Gasteiger charge is -2.12. The molecular weight excluding hydrogens is 314 g/mol. The summed E-state index contributed by atoms with van der Waals surface area (Å²) in [5.74, 6) is -0.116. The van der Waals surface area contributed by atoms with Crippen molar-refractivity contribution in [1.82, 2.24) is 0 Å². The Kier molecular flexibility index (Phi) is 7.16. The first-order chi connectivity index (χ1) is 12.1. The van der Waals surface area contributed by atoms with Crippen LogP contribution in [0.4, 0.5) is 11.4 Å². The van der Waals surface area contributed by atoms with Crippen molar-refractivity contribution in [2.75, 3.05) is 17.2 Å². The van der Waals surface area contributed by atoms with Crippen molar-refractivity contribution in [3.63, 3.8) is 0 Å². The van der Waals surface area contributed by atoms with Crippen LogP contribution in [0, 0.1) is 6.92 Å². The Morgan fingerprint density at radius 2 is 1.68 bits per heavy atom. The molecule has 0 radical (unpaired) electrons. The van der Waals surface area contributed by atoms with E-state index in [1.807, 2.05) is 49.4 Å². The monoisotopic (exact) mass is 339 g/mol. The zero-order chi connectivity index (χ0) is 18.1. The Labute approximate surface area is 148 Å². The van der Waals surface area contributed by atoms with Crippen LogP contribution in [0.15, 0.2) is 48.5 Å². The van der Waals surface area contributed by atoms with Gasteiger partial charge in [-0.05, 0) is 49.6 Å². The number of nitrogens with two attached hydrogens (primary N) is 1. The molecule has 25 heavy (non-hydrogen) atoms. The van der Waals surface area contributed by atoms with Crippen molar-refractivity contribution < 1.29 is 9.59 Å². The smallest absolute Gasteiger partial charge is 0.224 e. The van der Waals surface area contributed by atoms with Gasteiger partial charge in [-0.2, -0.15) is 0 Å². The second-order valence-corrected chi connectivity index (χ2v) is 6.00. The number of aryl methyl sites for hydroxylation is 2. The topological polar surface area (TPSA) is 84.2 Å². The first-order valence-electron chi connectivity index (χ1n) is 8.53. The first kappa shape index (κ1) is 18.7. The van der Waals surface area contributed by atoms with Gasteiger partial charge in [0.25, 0.3) is 0 Å². The molecule has 0 heterocycles. The van der Waals surface area contributed by atoms with Crippen LogP contribution in [0.25, 0.3) is 0 Å².